The van der Waals surface area contributed by atoms with Crippen LogP contribution in [0.15, 0.2) is 54.7 Å². The molecule has 7 heteroatoms. The molecular formula is C22H21FN6. The molecule has 1 saturated heterocycles. The predicted octanol–water partition coefficient (Wildman–Crippen LogP) is 3.22. The van der Waals surface area contributed by atoms with Gasteiger partial charge in [0.2, 0.25) is 0 Å². The predicted molar refractivity (Wildman–Crippen MR) is 113 cm³/mol. The van der Waals surface area contributed by atoms with Crippen molar-refractivity contribution < 1.29 is 4.39 Å². The molecule has 0 atom stereocenters. The van der Waals surface area contributed by atoms with Crippen molar-refractivity contribution in [1.29, 1.82) is 0 Å². The van der Waals surface area contributed by atoms with Gasteiger partial charge in [-0.3, -0.25) is 9.88 Å². The zero-order chi connectivity index (χ0) is 19.8. The van der Waals surface area contributed by atoms with E-state index < -0.39 is 0 Å². The maximum Gasteiger partial charge on any atom is 0.145 e. The zero-order valence-electron chi connectivity index (χ0n) is 15.9. The first-order chi connectivity index (χ1) is 14.2. The molecule has 1 aliphatic heterocycles. The fourth-order valence-electron chi connectivity index (χ4n) is 3.95. The Kier molecular flexibility index (Phi) is 4.44. The number of pyridine rings is 1. The molecule has 0 bridgehead atoms. The van der Waals surface area contributed by atoms with Crippen molar-refractivity contribution in [1.82, 2.24) is 19.9 Å². The lowest BCUT2D eigenvalue weighted by molar-refractivity contribution is 0.244. The van der Waals surface area contributed by atoms with Crippen LogP contribution in [0.1, 0.15) is 5.82 Å². The summed E-state index contributed by atoms with van der Waals surface area (Å²) in [4.78, 5) is 18.1. The lowest BCUT2D eigenvalue weighted by Crippen LogP contribution is -2.46. The fraction of sp³-hybridized carbons (Fsp3) is 0.227. The van der Waals surface area contributed by atoms with Gasteiger partial charge in [0.05, 0.1) is 17.6 Å². The molecule has 2 aromatic carbocycles. The van der Waals surface area contributed by atoms with Crippen molar-refractivity contribution >= 4 is 33.3 Å². The van der Waals surface area contributed by atoms with Crippen molar-refractivity contribution in [2.24, 2.45) is 0 Å². The Morgan fingerprint density at radius 1 is 0.897 bits per heavy atom. The van der Waals surface area contributed by atoms with Crippen LogP contribution in [0.5, 0.6) is 0 Å². The van der Waals surface area contributed by atoms with E-state index in [-0.39, 0.29) is 5.82 Å². The molecule has 0 radical (unpaired) electrons. The topological polar surface area (TPSA) is 71.2 Å². The molecule has 0 amide bonds. The second-order valence-electron chi connectivity index (χ2n) is 7.30. The van der Waals surface area contributed by atoms with Gasteiger partial charge in [-0.15, -0.1) is 0 Å². The summed E-state index contributed by atoms with van der Waals surface area (Å²) in [5.41, 5.74) is 8.78. The SMILES string of the molecule is Nc1nc(CN2CCN(c3ccnc4cc(F)ccc34)CC2)nc2ccccc12. The quantitative estimate of drug-likeness (QED) is 0.581. The van der Waals surface area contributed by atoms with E-state index in [9.17, 15) is 4.39 Å². The van der Waals surface area contributed by atoms with E-state index in [0.29, 0.717) is 17.9 Å². The van der Waals surface area contributed by atoms with Crippen molar-refractivity contribution in [2.45, 2.75) is 6.54 Å². The number of benzene rings is 2. The van der Waals surface area contributed by atoms with Gasteiger partial charge in [-0.1, -0.05) is 12.1 Å². The Labute approximate surface area is 167 Å². The molecule has 3 heterocycles. The molecule has 4 aromatic rings. The second-order valence-corrected chi connectivity index (χ2v) is 7.30. The number of para-hydroxylation sites is 1. The number of fused-ring (bicyclic) bond motifs is 2. The molecule has 2 N–H and O–H groups in total. The van der Waals surface area contributed by atoms with E-state index in [4.69, 9.17) is 5.73 Å². The minimum absolute atomic E-state index is 0.262. The number of nitrogens with two attached hydrogens (primary N) is 1. The summed E-state index contributed by atoms with van der Waals surface area (Å²) in [6.45, 7) is 4.20. The maximum atomic E-state index is 13.5. The van der Waals surface area contributed by atoms with E-state index in [1.165, 1.54) is 12.1 Å². The molecule has 0 saturated carbocycles. The first kappa shape index (κ1) is 17.8. The molecular weight excluding hydrogens is 367 g/mol. The van der Waals surface area contributed by atoms with E-state index >= 15 is 0 Å². The molecule has 6 nitrogen and oxygen atoms in total. The molecule has 0 unspecified atom stereocenters. The Morgan fingerprint density at radius 2 is 1.72 bits per heavy atom. The van der Waals surface area contributed by atoms with Gasteiger partial charge in [-0.2, -0.15) is 0 Å². The van der Waals surface area contributed by atoms with Crippen LogP contribution in [0.2, 0.25) is 0 Å². The minimum atomic E-state index is -0.262. The number of hydrogen-bond acceptors (Lipinski definition) is 6. The highest BCUT2D eigenvalue weighted by atomic mass is 19.1. The maximum absolute atomic E-state index is 13.5. The molecule has 146 valence electrons. The van der Waals surface area contributed by atoms with Gasteiger partial charge in [0.25, 0.3) is 0 Å². The monoisotopic (exact) mass is 388 g/mol. The number of hydrogen-bond donors (Lipinski definition) is 1. The summed E-state index contributed by atoms with van der Waals surface area (Å²) >= 11 is 0. The molecule has 1 fully saturated rings. The normalized spacial score (nSPS) is 15.3. The number of anilines is 2. The lowest BCUT2D eigenvalue weighted by atomic mass is 10.1. The van der Waals surface area contributed by atoms with E-state index in [0.717, 1.165) is 54.0 Å². The van der Waals surface area contributed by atoms with Crippen molar-refractivity contribution in [3.63, 3.8) is 0 Å². The van der Waals surface area contributed by atoms with Crippen LogP contribution < -0.4 is 10.6 Å². The van der Waals surface area contributed by atoms with Crippen LogP contribution in [0, 0.1) is 5.82 Å². The van der Waals surface area contributed by atoms with E-state index in [1.54, 1.807) is 6.20 Å². The minimum Gasteiger partial charge on any atom is -0.383 e. The number of halogens is 1. The summed E-state index contributed by atoms with van der Waals surface area (Å²) in [5, 5.41) is 1.87. The summed E-state index contributed by atoms with van der Waals surface area (Å²) < 4.78 is 13.5. The molecule has 1 aliphatic rings. The second kappa shape index (κ2) is 7.25. The summed E-state index contributed by atoms with van der Waals surface area (Å²) in [6, 6.07) is 14.6. The molecule has 0 spiro atoms. The molecule has 2 aromatic heterocycles. The number of aromatic nitrogens is 3. The molecule has 5 rings (SSSR count). The number of piperazine rings is 1. The average Bonchev–Trinajstić information content (AvgIpc) is 2.74. The summed E-state index contributed by atoms with van der Waals surface area (Å²) in [6.07, 6.45) is 1.75. The van der Waals surface area contributed by atoms with Gasteiger partial charge in [0, 0.05) is 54.9 Å². The first-order valence-electron chi connectivity index (χ1n) is 9.70. The molecule has 0 aliphatic carbocycles. The van der Waals surface area contributed by atoms with Crippen LogP contribution in [0.3, 0.4) is 0 Å². The van der Waals surface area contributed by atoms with Gasteiger partial charge < -0.3 is 10.6 Å². The Morgan fingerprint density at radius 3 is 2.59 bits per heavy atom. The number of nitrogen functional groups attached to an aromatic ring is 1. The van der Waals surface area contributed by atoms with Gasteiger partial charge in [-0.05, 0) is 30.3 Å². The number of rotatable bonds is 3. The van der Waals surface area contributed by atoms with Gasteiger partial charge in [-0.25, -0.2) is 14.4 Å². The first-order valence-corrected chi connectivity index (χ1v) is 9.70. The Bertz CT molecular complexity index is 1190. The summed E-state index contributed by atoms with van der Waals surface area (Å²) in [7, 11) is 0. The smallest absolute Gasteiger partial charge is 0.145 e. The van der Waals surface area contributed by atoms with Crippen molar-refractivity contribution in [2.75, 3.05) is 36.8 Å². The summed E-state index contributed by atoms with van der Waals surface area (Å²) in [5.74, 6) is 1.01. The molecule has 29 heavy (non-hydrogen) atoms. The average molecular weight is 388 g/mol. The Hall–Kier alpha value is -3.32. The van der Waals surface area contributed by atoms with Crippen molar-refractivity contribution in [3.8, 4) is 0 Å². The standard InChI is InChI=1S/C22H21FN6/c23-15-5-6-16-19(13-15)25-8-7-20(16)29-11-9-28(10-12-29)14-21-26-18-4-2-1-3-17(18)22(24)27-21/h1-8,13H,9-12,14H2,(H2,24,26,27). The van der Waals surface area contributed by atoms with Crippen LogP contribution in [0.4, 0.5) is 15.9 Å². The highest BCUT2D eigenvalue weighted by Gasteiger charge is 2.20. The highest BCUT2D eigenvalue weighted by molar-refractivity contribution is 5.91. The van der Waals surface area contributed by atoms with Gasteiger partial charge in [0.1, 0.15) is 17.5 Å². The van der Waals surface area contributed by atoms with E-state index in [1.807, 2.05) is 36.4 Å². The van der Waals surface area contributed by atoms with Crippen LogP contribution >= 0.6 is 0 Å². The van der Waals surface area contributed by atoms with Gasteiger partial charge in [0.15, 0.2) is 0 Å². The van der Waals surface area contributed by atoms with E-state index in [2.05, 4.69) is 24.8 Å². The van der Waals surface area contributed by atoms with Crippen LogP contribution in [0.25, 0.3) is 21.8 Å². The Balaban J connectivity index is 1.31. The largest absolute Gasteiger partial charge is 0.383 e. The zero-order valence-corrected chi connectivity index (χ0v) is 15.9. The van der Waals surface area contributed by atoms with Crippen LogP contribution in [-0.4, -0.2) is 46.0 Å². The number of nitrogens with zero attached hydrogens (tertiary/aromatic N) is 5. The third-order valence-electron chi connectivity index (χ3n) is 5.44. The van der Waals surface area contributed by atoms with Crippen molar-refractivity contribution in [3.05, 3.63) is 66.4 Å². The fourth-order valence-corrected chi connectivity index (χ4v) is 3.95. The van der Waals surface area contributed by atoms with Gasteiger partial charge >= 0.3 is 0 Å². The highest BCUT2D eigenvalue weighted by Crippen LogP contribution is 2.27. The third kappa shape index (κ3) is 3.45. The third-order valence-corrected chi connectivity index (χ3v) is 5.44. The lowest BCUT2D eigenvalue weighted by Gasteiger charge is -2.36. The van der Waals surface area contributed by atoms with Crippen LogP contribution in [-0.2, 0) is 6.54 Å².